The van der Waals surface area contributed by atoms with Crippen LogP contribution in [-0.4, -0.2) is 22.3 Å². The van der Waals surface area contributed by atoms with Crippen LogP contribution in [0.15, 0.2) is 53.5 Å². The molecule has 1 heterocycles. The Morgan fingerprint density at radius 2 is 1.94 bits per heavy atom. The molecular weight excluding hydrogens is 418 g/mol. The number of benzene rings is 2. The lowest BCUT2D eigenvalue weighted by molar-refractivity contribution is -0.384. The summed E-state index contributed by atoms with van der Waals surface area (Å²) < 4.78 is 0. The third-order valence-corrected chi connectivity index (χ3v) is 6.45. The van der Waals surface area contributed by atoms with Gasteiger partial charge in [0.25, 0.3) is 5.69 Å². The number of unbranched alkanes of at least 4 members (excludes halogenated alkanes) is 1. The largest absolute Gasteiger partial charge is 0.302 e. The monoisotopic (exact) mass is 447 g/mol. The van der Waals surface area contributed by atoms with Crippen LogP contribution in [0, 0.1) is 21.4 Å². The Morgan fingerprint density at radius 3 is 2.67 bits per heavy atom. The third kappa shape index (κ3) is 4.45. The summed E-state index contributed by atoms with van der Waals surface area (Å²) in [5, 5.41) is 11.5. The highest BCUT2D eigenvalue weighted by Crippen LogP contribution is 2.48. The molecule has 4 rings (SSSR count). The van der Waals surface area contributed by atoms with Gasteiger partial charge >= 0.3 is 0 Å². The van der Waals surface area contributed by atoms with Crippen LogP contribution < -0.4 is 4.90 Å². The highest BCUT2D eigenvalue weighted by molar-refractivity contribution is 6.13. The number of hydrogen-bond acceptors (Lipinski definition) is 5. The average molecular weight is 448 g/mol. The molecule has 7 nitrogen and oxygen atoms in total. The topological polar surface area (TPSA) is 92.9 Å². The Morgan fingerprint density at radius 1 is 1.18 bits per heavy atom. The van der Waals surface area contributed by atoms with Gasteiger partial charge in [-0.25, -0.2) is 0 Å². The molecule has 0 N–H and O–H groups in total. The second-order valence-corrected chi connectivity index (χ2v) is 9.72. The van der Waals surface area contributed by atoms with E-state index in [-0.39, 0.29) is 22.8 Å². The van der Waals surface area contributed by atoms with E-state index in [0.29, 0.717) is 36.2 Å². The molecule has 2 unspecified atom stereocenters. The van der Waals surface area contributed by atoms with Crippen LogP contribution in [0.3, 0.4) is 0 Å². The van der Waals surface area contributed by atoms with E-state index in [9.17, 15) is 19.7 Å². The van der Waals surface area contributed by atoms with Gasteiger partial charge in [-0.05, 0) is 36.0 Å². The number of anilines is 1. The van der Waals surface area contributed by atoms with Crippen molar-refractivity contribution in [2.75, 3.05) is 4.90 Å². The molecule has 0 radical (unpaired) electrons. The van der Waals surface area contributed by atoms with Gasteiger partial charge in [0.05, 0.1) is 28.3 Å². The second-order valence-electron chi connectivity index (χ2n) is 9.72. The fourth-order valence-corrected chi connectivity index (χ4v) is 5.02. The third-order valence-electron chi connectivity index (χ3n) is 6.45. The number of hydrogen-bond donors (Lipinski definition) is 0. The van der Waals surface area contributed by atoms with Gasteiger partial charge in [0.2, 0.25) is 5.91 Å². The summed E-state index contributed by atoms with van der Waals surface area (Å²) >= 11 is 0. The number of amides is 1. The first kappa shape index (κ1) is 22.8. The number of fused-ring (bicyclic) bond motifs is 2. The Labute approximate surface area is 193 Å². The fourth-order valence-electron chi connectivity index (χ4n) is 5.02. The predicted octanol–water partition coefficient (Wildman–Crippen LogP) is 5.95. The lowest BCUT2D eigenvalue weighted by Gasteiger charge is -2.41. The van der Waals surface area contributed by atoms with Crippen LogP contribution in [-0.2, 0) is 9.59 Å². The van der Waals surface area contributed by atoms with Crippen LogP contribution in [0.1, 0.15) is 64.5 Å². The zero-order valence-electron chi connectivity index (χ0n) is 19.3. The van der Waals surface area contributed by atoms with E-state index < -0.39 is 16.9 Å². The Hall–Kier alpha value is -3.35. The molecule has 0 spiro atoms. The summed E-state index contributed by atoms with van der Waals surface area (Å²) in [5.74, 6) is -0.726. The minimum Gasteiger partial charge on any atom is -0.302 e. The minimum atomic E-state index is -0.680. The maximum absolute atomic E-state index is 13.6. The van der Waals surface area contributed by atoms with Crippen molar-refractivity contribution in [3.8, 4) is 0 Å². The highest BCUT2D eigenvalue weighted by atomic mass is 16.6. The van der Waals surface area contributed by atoms with Crippen molar-refractivity contribution in [2.24, 2.45) is 16.3 Å². The molecule has 1 aliphatic heterocycles. The molecular formula is C26H29N3O4. The first-order valence-corrected chi connectivity index (χ1v) is 11.5. The molecule has 0 bridgehead atoms. The Balaban J connectivity index is 1.96. The van der Waals surface area contributed by atoms with Gasteiger partial charge in [-0.3, -0.25) is 24.7 Å². The molecule has 1 amide bonds. The quantitative estimate of drug-likeness (QED) is 0.418. The van der Waals surface area contributed by atoms with E-state index in [2.05, 4.69) is 0 Å². The summed E-state index contributed by atoms with van der Waals surface area (Å²) in [6.07, 6.45) is 2.91. The predicted molar refractivity (Wildman–Crippen MR) is 128 cm³/mol. The van der Waals surface area contributed by atoms with E-state index >= 15 is 0 Å². The summed E-state index contributed by atoms with van der Waals surface area (Å²) in [7, 11) is 0. The molecule has 1 saturated carbocycles. The second kappa shape index (κ2) is 8.89. The van der Waals surface area contributed by atoms with Gasteiger partial charge in [-0.1, -0.05) is 51.5 Å². The number of nitro groups is 1. The molecule has 7 heteroatoms. The normalized spacial score (nSPS) is 21.5. The van der Waals surface area contributed by atoms with E-state index in [0.717, 1.165) is 18.6 Å². The molecule has 2 atom stereocenters. The van der Waals surface area contributed by atoms with Crippen molar-refractivity contribution in [2.45, 2.75) is 58.9 Å². The van der Waals surface area contributed by atoms with Crippen LogP contribution in [0.4, 0.5) is 17.1 Å². The number of rotatable bonds is 5. The fraction of sp³-hybridized carbons (Fsp3) is 0.423. The van der Waals surface area contributed by atoms with Crippen LogP contribution in [0.5, 0.6) is 0 Å². The van der Waals surface area contributed by atoms with Crippen molar-refractivity contribution < 1.29 is 14.5 Å². The molecule has 172 valence electrons. The number of nitro benzene ring substituents is 1. The SMILES string of the molecule is CCCCC(=O)N1c2ccccc2N=C2CC(C)(C)CC(=O)C2C1c1cccc([N+](=O)[O-])c1. The maximum atomic E-state index is 13.6. The van der Waals surface area contributed by atoms with Crippen molar-refractivity contribution in [1.82, 2.24) is 0 Å². The van der Waals surface area contributed by atoms with Gasteiger partial charge in [-0.2, -0.15) is 0 Å². The number of aliphatic imine (C=N–C) groups is 1. The van der Waals surface area contributed by atoms with Crippen LogP contribution >= 0.6 is 0 Å². The molecule has 0 saturated heterocycles. The lowest BCUT2D eigenvalue weighted by atomic mass is 9.68. The molecule has 1 fully saturated rings. The molecule has 2 aromatic rings. The first-order valence-electron chi connectivity index (χ1n) is 11.5. The number of carbonyl (C=O) groups excluding carboxylic acids is 2. The lowest BCUT2D eigenvalue weighted by Crippen LogP contribution is -2.47. The molecule has 0 aromatic heterocycles. The number of non-ortho nitro benzene ring substituents is 1. The van der Waals surface area contributed by atoms with E-state index in [4.69, 9.17) is 4.99 Å². The summed E-state index contributed by atoms with van der Waals surface area (Å²) in [6, 6.07) is 13.1. The Bertz CT molecular complexity index is 1140. The maximum Gasteiger partial charge on any atom is 0.269 e. The summed E-state index contributed by atoms with van der Waals surface area (Å²) in [6.45, 7) is 6.12. The standard InChI is InChI=1S/C26H29N3O4/c1-4-5-13-23(31)28-21-12-7-6-11-19(21)27-20-15-26(2,3)16-22(30)24(20)25(28)17-9-8-10-18(14-17)29(32)33/h6-12,14,24-25H,4-5,13,15-16H2,1-3H3. The number of para-hydroxylation sites is 2. The summed E-state index contributed by atoms with van der Waals surface area (Å²) in [5.41, 5.74) is 2.31. The Kier molecular flexibility index (Phi) is 6.15. The van der Waals surface area contributed by atoms with Gasteiger partial charge in [0.15, 0.2) is 0 Å². The first-order chi connectivity index (χ1) is 15.7. The van der Waals surface area contributed by atoms with Crippen molar-refractivity contribution in [3.63, 3.8) is 0 Å². The van der Waals surface area contributed by atoms with Crippen molar-refractivity contribution in [1.29, 1.82) is 0 Å². The van der Waals surface area contributed by atoms with Gasteiger partial charge in [-0.15, -0.1) is 0 Å². The van der Waals surface area contributed by atoms with E-state index in [1.807, 2.05) is 45.0 Å². The van der Waals surface area contributed by atoms with Gasteiger partial charge < -0.3 is 4.90 Å². The van der Waals surface area contributed by atoms with Gasteiger partial charge in [0.1, 0.15) is 5.78 Å². The summed E-state index contributed by atoms with van der Waals surface area (Å²) in [4.78, 5) is 44.9. The number of carbonyl (C=O) groups is 2. The van der Waals surface area contributed by atoms with Crippen molar-refractivity contribution >= 4 is 34.5 Å². The van der Waals surface area contributed by atoms with Crippen molar-refractivity contribution in [3.05, 3.63) is 64.2 Å². The van der Waals surface area contributed by atoms with Gasteiger partial charge in [0, 0.05) is 30.7 Å². The highest BCUT2D eigenvalue weighted by Gasteiger charge is 2.47. The minimum absolute atomic E-state index is 0.0163. The number of Topliss-reactive ketones (excluding diaryl/α,β-unsaturated/α-hetero) is 1. The van der Waals surface area contributed by atoms with Crippen LogP contribution in [0.2, 0.25) is 0 Å². The molecule has 2 aromatic carbocycles. The smallest absolute Gasteiger partial charge is 0.269 e. The zero-order valence-corrected chi connectivity index (χ0v) is 19.3. The molecule has 33 heavy (non-hydrogen) atoms. The molecule has 2 aliphatic rings. The van der Waals surface area contributed by atoms with E-state index in [1.54, 1.807) is 17.0 Å². The number of ketones is 1. The zero-order chi connectivity index (χ0) is 23.8. The van der Waals surface area contributed by atoms with Crippen LogP contribution in [0.25, 0.3) is 0 Å². The number of nitrogens with zero attached hydrogens (tertiary/aromatic N) is 3. The van der Waals surface area contributed by atoms with E-state index in [1.165, 1.54) is 12.1 Å². The molecule has 1 aliphatic carbocycles. The average Bonchev–Trinajstić information content (AvgIpc) is 2.91.